The van der Waals surface area contributed by atoms with Crippen LogP contribution in [0.5, 0.6) is 0 Å². The maximum Gasteiger partial charge on any atom is 0.337 e. The lowest BCUT2D eigenvalue weighted by molar-refractivity contribution is -0.144. The van der Waals surface area contributed by atoms with Gasteiger partial charge in [-0.2, -0.15) is 0 Å². The molecule has 0 radical (unpaired) electrons. The van der Waals surface area contributed by atoms with E-state index >= 15 is 0 Å². The summed E-state index contributed by atoms with van der Waals surface area (Å²) in [7, 11) is 0. The van der Waals surface area contributed by atoms with Crippen LogP contribution in [-0.2, 0) is 9.53 Å². The van der Waals surface area contributed by atoms with Crippen molar-refractivity contribution < 1.29 is 14.6 Å². The maximum atomic E-state index is 12.3. The van der Waals surface area contributed by atoms with E-state index in [1.165, 1.54) is 0 Å². The Balaban J connectivity index is 2.22. The molecule has 0 bridgehead atoms. The lowest BCUT2D eigenvalue weighted by Crippen LogP contribution is -2.21. The Kier molecular flexibility index (Phi) is 6.12. The van der Waals surface area contributed by atoms with Crippen LogP contribution in [0.4, 0.5) is 0 Å². The molecule has 120 valence electrons. The van der Waals surface area contributed by atoms with Crippen molar-refractivity contribution in [3.05, 3.63) is 83.9 Å². The van der Waals surface area contributed by atoms with E-state index in [1.54, 1.807) is 0 Å². The highest BCUT2D eigenvalue weighted by Crippen LogP contribution is 2.27. The van der Waals surface area contributed by atoms with Gasteiger partial charge in [0, 0.05) is 0 Å². The molecule has 0 aliphatic rings. The summed E-state index contributed by atoms with van der Waals surface area (Å²) in [4.78, 5) is 12.3. The molecule has 0 unspecified atom stereocenters. The van der Waals surface area contributed by atoms with Gasteiger partial charge in [-0.25, -0.2) is 4.79 Å². The van der Waals surface area contributed by atoms with Gasteiger partial charge in [-0.1, -0.05) is 80.6 Å². The summed E-state index contributed by atoms with van der Waals surface area (Å²) in [6.45, 7) is 5.63. The van der Waals surface area contributed by atoms with E-state index in [0.717, 1.165) is 17.5 Å². The van der Waals surface area contributed by atoms with Crippen molar-refractivity contribution >= 4 is 5.97 Å². The first-order valence-electron chi connectivity index (χ1n) is 7.81. The van der Waals surface area contributed by atoms with Crippen LogP contribution in [0.3, 0.4) is 0 Å². The van der Waals surface area contributed by atoms with Crippen molar-refractivity contribution in [2.24, 2.45) is 0 Å². The topological polar surface area (TPSA) is 46.5 Å². The smallest absolute Gasteiger partial charge is 0.337 e. The van der Waals surface area contributed by atoms with Gasteiger partial charge in [0.2, 0.25) is 0 Å². The van der Waals surface area contributed by atoms with Gasteiger partial charge in [0.1, 0.15) is 0 Å². The second kappa shape index (κ2) is 8.30. The largest absolute Gasteiger partial charge is 0.449 e. The minimum absolute atomic E-state index is 0.101. The molecule has 0 aromatic heterocycles. The number of aliphatic hydroxyl groups is 1. The van der Waals surface area contributed by atoms with Gasteiger partial charge in [-0.05, 0) is 17.5 Å². The van der Waals surface area contributed by atoms with Gasteiger partial charge in [0.05, 0.1) is 11.7 Å². The number of aliphatic hydroxyl groups excluding tert-OH is 1. The number of hydrogen-bond donors (Lipinski definition) is 1. The lowest BCUT2D eigenvalue weighted by atomic mass is 10.0. The average Bonchev–Trinajstić information content (AvgIpc) is 2.60. The molecule has 2 aromatic rings. The fraction of sp³-hybridized carbons (Fsp3) is 0.250. The predicted octanol–water partition coefficient (Wildman–Crippen LogP) is 4.04. The van der Waals surface area contributed by atoms with Crippen molar-refractivity contribution in [3.8, 4) is 0 Å². The first-order valence-corrected chi connectivity index (χ1v) is 7.81. The van der Waals surface area contributed by atoms with Gasteiger partial charge < -0.3 is 9.84 Å². The number of ether oxygens (including phenoxy) is 1. The SMILES string of the molecule is C=C(C(=O)OC(c1ccccc1)c1ccccc1)[C@H](O)CCC. The number of carbonyl (C=O) groups is 1. The van der Waals surface area contributed by atoms with Crippen molar-refractivity contribution in [1.29, 1.82) is 0 Å². The third kappa shape index (κ3) is 4.54. The summed E-state index contributed by atoms with van der Waals surface area (Å²) in [5, 5.41) is 9.94. The van der Waals surface area contributed by atoms with Gasteiger partial charge in [0.15, 0.2) is 6.10 Å². The van der Waals surface area contributed by atoms with Crippen LogP contribution < -0.4 is 0 Å². The monoisotopic (exact) mass is 310 g/mol. The van der Waals surface area contributed by atoms with E-state index in [4.69, 9.17) is 4.74 Å². The molecule has 2 rings (SSSR count). The summed E-state index contributed by atoms with van der Waals surface area (Å²) in [6.07, 6.45) is -0.112. The minimum atomic E-state index is -0.861. The lowest BCUT2D eigenvalue weighted by Gasteiger charge is -2.21. The van der Waals surface area contributed by atoms with Crippen LogP contribution in [0.1, 0.15) is 37.0 Å². The molecule has 0 heterocycles. The molecular formula is C20H22O3. The molecule has 3 nitrogen and oxygen atoms in total. The van der Waals surface area contributed by atoms with Crippen molar-refractivity contribution in [1.82, 2.24) is 0 Å². The summed E-state index contributed by atoms with van der Waals surface area (Å²) >= 11 is 0. The molecule has 1 N–H and O–H groups in total. The first-order chi connectivity index (χ1) is 11.1. The third-order valence-electron chi connectivity index (χ3n) is 3.66. The Morgan fingerprint density at radius 1 is 1.04 bits per heavy atom. The van der Waals surface area contributed by atoms with E-state index < -0.39 is 18.2 Å². The van der Waals surface area contributed by atoms with Crippen LogP contribution >= 0.6 is 0 Å². The predicted molar refractivity (Wildman–Crippen MR) is 90.9 cm³/mol. The zero-order valence-electron chi connectivity index (χ0n) is 13.3. The van der Waals surface area contributed by atoms with Crippen LogP contribution in [0.2, 0.25) is 0 Å². The molecule has 0 aliphatic carbocycles. The second-order valence-electron chi connectivity index (χ2n) is 5.44. The normalized spacial score (nSPS) is 12.0. The Morgan fingerprint density at radius 3 is 1.96 bits per heavy atom. The van der Waals surface area contributed by atoms with E-state index in [1.807, 2.05) is 67.6 Å². The molecule has 0 fully saturated rings. The summed E-state index contributed by atoms with van der Waals surface area (Å²) in [6, 6.07) is 19.1. The average molecular weight is 310 g/mol. The van der Waals surface area contributed by atoms with Gasteiger partial charge in [-0.15, -0.1) is 0 Å². The van der Waals surface area contributed by atoms with Crippen molar-refractivity contribution in [3.63, 3.8) is 0 Å². The van der Waals surface area contributed by atoms with Crippen LogP contribution in [-0.4, -0.2) is 17.2 Å². The first kappa shape index (κ1) is 17.0. The zero-order valence-corrected chi connectivity index (χ0v) is 13.3. The highest BCUT2D eigenvalue weighted by Gasteiger charge is 2.23. The molecule has 3 heteroatoms. The molecule has 2 aromatic carbocycles. The highest BCUT2D eigenvalue weighted by atomic mass is 16.5. The highest BCUT2D eigenvalue weighted by molar-refractivity contribution is 5.89. The molecule has 0 amide bonds. The quantitative estimate of drug-likeness (QED) is 0.620. The maximum absolute atomic E-state index is 12.3. The number of carbonyl (C=O) groups excluding carboxylic acids is 1. The fourth-order valence-corrected chi connectivity index (χ4v) is 2.35. The third-order valence-corrected chi connectivity index (χ3v) is 3.66. The number of esters is 1. The fourth-order valence-electron chi connectivity index (χ4n) is 2.35. The molecule has 0 aliphatic heterocycles. The van der Waals surface area contributed by atoms with Crippen LogP contribution in [0.15, 0.2) is 72.8 Å². The minimum Gasteiger partial charge on any atom is -0.449 e. The van der Waals surface area contributed by atoms with E-state index in [9.17, 15) is 9.90 Å². The zero-order chi connectivity index (χ0) is 16.7. The molecular weight excluding hydrogens is 288 g/mol. The molecule has 23 heavy (non-hydrogen) atoms. The molecule has 0 saturated heterocycles. The van der Waals surface area contributed by atoms with Crippen molar-refractivity contribution in [2.45, 2.75) is 32.0 Å². The van der Waals surface area contributed by atoms with E-state index in [2.05, 4.69) is 6.58 Å². The second-order valence-corrected chi connectivity index (χ2v) is 5.44. The molecule has 0 saturated carbocycles. The number of hydrogen-bond acceptors (Lipinski definition) is 3. The van der Waals surface area contributed by atoms with Crippen LogP contribution in [0.25, 0.3) is 0 Å². The molecule has 1 atom stereocenters. The van der Waals surface area contributed by atoms with Gasteiger partial charge in [0.25, 0.3) is 0 Å². The van der Waals surface area contributed by atoms with Gasteiger partial charge in [-0.3, -0.25) is 0 Å². The van der Waals surface area contributed by atoms with Crippen molar-refractivity contribution in [2.75, 3.05) is 0 Å². The summed E-state index contributed by atoms with van der Waals surface area (Å²) in [5.74, 6) is -0.566. The standard InChI is InChI=1S/C20H22O3/c1-3-10-18(21)15(2)20(22)23-19(16-11-6-4-7-12-16)17-13-8-5-9-14-17/h4-9,11-14,18-19,21H,2-3,10H2,1H3/t18-/m1/s1. The summed E-state index contributed by atoms with van der Waals surface area (Å²) in [5.41, 5.74) is 1.86. The molecule has 0 spiro atoms. The van der Waals surface area contributed by atoms with Gasteiger partial charge >= 0.3 is 5.97 Å². The van der Waals surface area contributed by atoms with E-state index in [-0.39, 0.29) is 5.57 Å². The Bertz CT molecular complexity index is 595. The Morgan fingerprint density at radius 2 is 1.52 bits per heavy atom. The Labute approximate surface area is 137 Å². The Hall–Kier alpha value is -2.39. The number of benzene rings is 2. The van der Waals surface area contributed by atoms with E-state index in [0.29, 0.717) is 6.42 Å². The van der Waals surface area contributed by atoms with Crippen LogP contribution in [0, 0.1) is 0 Å². The number of rotatable bonds is 7. The summed E-state index contributed by atoms with van der Waals surface area (Å²) < 4.78 is 5.65.